The summed E-state index contributed by atoms with van der Waals surface area (Å²) in [4.78, 5) is 71.6. The van der Waals surface area contributed by atoms with E-state index < -0.39 is 23.3 Å². The van der Waals surface area contributed by atoms with Crippen LogP contribution in [-0.4, -0.2) is 217 Å². The van der Waals surface area contributed by atoms with Gasteiger partial charge in [0, 0.05) is 162 Å². The number of hydrogen-bond donors (Lipinski definition) is 2. The number of likely N-dealkylation sites (tertiary alicyclic amines) is 1. The summed E-state index contributed by atoms with van der Waals surface area (Å²) in [6.45, 7) is 48.5. The van der Waals surface area contributed by atoms with Crippen molar-refractivity contribution >= 4 is 83.7 Å². The number of nitrogens with zero attached hydrogens (tertiary/aromatic N) is 19. The van der Waals surface area contributed by atoms with Crippen molar-refractivity contribution in [1.29, 1.82) is 0 Å². The molecule has 2 N–H and O–H groups in total. The fourth-order valence-electron chi connectivity index (χ4n) is 15.7. The third kappa shape index (κ3) is 21.1. The summed E-state index contributed by atoms with van der Waals surface area (Å²) < 4.78 is 66.0. The molecule has 0 unspecified atom stereocenters. The summed E-state index contributed by atoms with van der Waals surface area (Å²) in [5, 5.41) is 6.19. The van der Waals surface area contributed by atoms with Crippen molar-refractivity contribution in [3.05, 3.63) is 174 Å². The lowest BCUT2D eigenvalue weighted by atomic mass is 10.0. The van der Waals surface area contributed by atoms with Crippen LogP contribution in [-0.2, 0) is 43.6 Å². The molecule has 8 aromatic heterocycles. The lowest BCUT2D eigenvalue weighted by molar-refractivity contribution is 0.112. The Balaban J connectivity index is 0.000000148. The van der Waals surface area contributed by atoms with Gasteiger partial charge in [-0.3, -0.25) is 19.5 Å². The fourth-order valence-corrected chi connectivity index (χ4v) is 16.5. The van der Waals surface area contributed by atoms with Crippen molar-refractivity contribution in [3.8, 4) is 22.5 Å². The van der Waals surface area contributed by atoms with E-state index in [0.717, 1.165) is 173 Å². The molecule has 0 bridgehead atoms. The van der Waals surface area contributed by atoms with Gasteiger partial charge in [0.1, 0.15) is 54.9 Å². The Labute approximate surface area is 679 Å². The second-order valence-electron chi connectivity index (χ2n) is 31.3. The Kier molecular flexibility index (Phi) is 28.4. The van der Waals surface area contributed by atoms with Gasteiger partial charge in [0.25, 0.3) is 0 Å². The van der Waals surface area contributed by atoms with Gasteiger partial charge >= 0.3 is 0 Å². The van der Waals surface area contributed by atoms with E-state index in [1.165, 1.54) is 100 Å². The summed E-state index contributed by atoms with van der Waals surface area (Å²) in [5.41, 5.74) is 10.3. The lowest BCUT2D eigenvalue weighted by Gasteiger charge is -2.34. The predicted molar refractivity (Wildman–Crippen MR) is 448 cm³/mol. The van der Waals surface area contributed by atoms with E-state index >= 15 is 8.78 Å². The van der Waals surface area contributed by atoms with E-state index in [1.807, 2.05) is 32.0 Å². The molecule has 4 saturated heterocycles. The highest BCUT2D eigenvalue weighted by atomic mass is 79.9. The molecule has 22 nitrogen and oxygen atoms in total. The highest BCUT2D eigenvalue weighted by molar-refractivity contribution is 9.10. The number of aromatic nitrogens is 12. The second kappa shape index (κ2) is 38.1. The molecule has 16 rings (SSSR count). The van der Waals surface area contributed by atoms with Crippen molar-refractivity contribution < 1.29 is 22.4 Å². The quantitative estimate of drug-likeness (QED) is 0.0494. The van der Waals surface area contributed by atoms with Gasteiger partial charge in [-0.1, -0.05) is 52.3 Å². The summed E-state index contributed by atoms with van der Waals surface area (Å²) >= 11 is 6.61. The van der Waals surface area contributed by atoms with Gasteiger partial charge in [-0.2, -0.15) is 0 Å². The summed E-state index contributed by atoms with van der Waals surface area (Å²) in [7, 11) is 0. The average Bonchev–Trinajstić information content (AvgIpc) is 1.59. The molecular weight excluding hydrogens is 1570 g/mol. The molecular formula is C85H109Br2F4N21O. The molecule has 113 heavy (non-hydrogen) atoms. The van der Waals surface area contributed by atoms with Crippen LogP contribution in [0.3, 0.4) is 0 Å². The van der Waals surface area contributed by atoms with Crippen molar-refractivity contribution in [2.24, 2.45) is 0 Å². The number of carbonyl (C=O) groups excluding carboxylic acids is 1. The predicted octanol–water partition coefficient (Wildman–Crippen LogP) is 15.8. The maximum absolute atomic E-state index is 15.1. The SMILES string of the molecule is CCN1CCCCC1.CCN1CCN(Cc2ccc(Br)nc2C)CC1.CCN1CCN(Cc2ccc(Nc3ncc(F)c(-c4cc(F)c5nc6n(c5c4)C(C)(C)CC6)n3)nc2C)CC1.CCN1CCN(Cc2ccc(Nc3ncc(F)c(-c4cc(F)c5nc6n(c5c4)C(C)(C)CC6)n3)nc2C)CC1.Cc1nc(Br)ccc1C=O. The van der Waals surface area contributed by atoms with Gasteiger partial charge in [-0.05, 0) is 223 Å². The van der Waals surface area contributed by atoms with Crippen molar-refractivity contribution in [2.45, 2.75) is 159 Å². The van der Waals surface area contributed by atoms with E-state index in [2.05, 4.69) is 206 Å². The number of rotatable bonds is 17. The Bertz CT molecular complexity index is 4700. The summed E-state index contributed by atoms with van der Waals surface area (Å²) in [6, 6.07) is 21.7. The zero-order valence-corrected chi connectivity index (χ0v) is 70.8. The van der Waals surface area contributed by atoms with Crippen LogP contribution in [0.5, 0.6) is 0 Å². The molecule has 6 aliphatic rings. The van der Waals surface area contributed by atoms with Gasteiger partial charge in [0.2, 0.25) is 11.9 Å². The smallest absolute Gasteiger partial charge is 0.229 e. The zero-order chi connectivity index (χ0) is 80.3. The Hall–Kier alpha value is -8.19. The molecule has 4 fully saturated rings. The number of halogens is 6. The topological polar surface area (TPSA) is 203 Å². The Morgan fingerprint density at radius 3 is 1.12 bits per heavy atom. The first-order valence-electron chi connectivity index (χ1n) is 40.0. The number of aldehydes is 1. The molecule has 0 aliphatic carbocycles. The van der Waals surface area contributed by atoms with E-state index in [0.29, 0.717) is 50.4 Å². The van der Waals surface area contributed by atoms with Gasteiger partial charge in [-0.15, -0.1) is 0 Å². The van der Waals surface area contributed by atoms with E-state index in [-0.39, 0.29) is 34.4 Å². The van der Waals surface area contributed by atoms with E-state index in [9.17, 15) is 13.6 Å². The molecule has 0 amide bonds. The number of anilines is 4. The van der Waals surface area contributed by atoms with Crippen LogP contribution in [0.4, 0.5) is 41.1 Å². The largest absolute Gasteiger partial charge is 0.322 e. The lowest BCUT2D eigenvalue weighted by Crippen LogP contribution is -2.45. The molecule has 602 valence electrons. The van der Waals surface area contributed by atoms with Crippen LogP contribution < -0.4 is 10.6 Å². The average molecular weight is 1680 g/mol. The minimum absolute atomic E-state index is 0.0271. The Morgan fingerprint density at radius 2 is 0.770 bits per heavy atom. The van der Waals surface area contributed by atoms with E-state index in [4.69, 9.17) is 9.97 Å². The van der Waals surface area contributed by atoms with Gasteiger partial charge in [0.05, 0.1) is 23.4 Å². The number of carbonyl (C=O) groups is 1. The molecule has 28 heteroatoms. The molecule has 6 aliphatic heterocycles. The number of pyridine rings is 4. The van der Waals surface area contributed by atoms with Gasteiger partial charge in [0.15, 0.2) is 29.6 Å². The highest BCUT2D eigenvalue weighted by Crippen LogP contribution is 2.40. The highest BCUT2D eigenvalue weighted by Gasteiger charge is 2.35. The minimum atomic E-state index is -0.623. The minimum Gasteiger partial charge on any atom is -0.322 e. The summed E-state index contributed by atoms with van der Waals surface area (Å²) in [6.07, 6.45) is 10.7. The first-order chi connectivity index (χ1) is 54.3. The third-order valence-electron chi connectivity index (χ3n) is 22.8. The molecule has 0 radical (unpaired) electrons. The Morgan fingerprint density at radius 1 is 0.416 bits per heavy atom. The number of nitrogens with one attached hydrogen (secondary N) is 2. The molecule has 2 aromatic carbocycles. The number of piperazine rings is 3. The first-order valence-corrected chi connectivity index (χ1v) is 41.6. The maximum Gasteiger partial charge on any atom is 0.229 e. The van der Waals surface area contributed by atoms with Gasteiger partial charge < -0.3 is 39.4 Å². The monoisotopic (exact) mass is 1670 g/mol. The third-order valence-corrected chi connectivity index (χ3v) is 23.7. The number of imidazole rings is 2. The molecule has 10 aromatic rings. The second-order valence-corrected chi connectivity index (χ2v) is 33.0. The maximum atomic E-state index is 15.1. The molecule has 14 heterocycles. The normalized spacial score (nSPS) is 17.4. The number of fused-ring (bicyclic) bond motifs is 6. The molecule has 0 atom stereocenters. The fraction of sp³-hybridized carbons (Fsp3) is 0.494. The van der Waals surface area contributed by atoms with Crippen LogP contribution in [0.15, 0.2) is 94.4 Å². The number of benzene rings is 2. The number of likely N-dealkylation sites (N-methyl/N-ethyl adjacent to an activating group) is 3. The standard InChI is InChI=1S/2C29H34F2N8.C13H20BrN3.C7H6BrNO.C7H15N/c2*1-5-37-10-12-38(13-11-37)17-19-6-7-24(33-18(19)2)34-28-32-16-22(31)26(36-28)20-14-21(30)27-23(15-20)39-25(35-27)8-9-29(39,3)4;1-3-16-6-8-17(9-7-16)10-12-4-5-13(14)15-11(12)2;1-5-6(4-10)2-3-7(8)9-5;1-2-8-6-4-3-5-7-8/h2*6-7,14-16H,5,8-13,17H2,1-4H3,(H,32,33,34,36);4-5H,3,6-10H2,1-2H3;2-4H,1H3;2-7H2,1H3. The first kappa shape index (κ1) is 84.2. The van der Waals surface area contributed by atoms with Crippen LogP contribution >= 0.6 is 31.9 Å². The number of piperidine rings is 1. The van der Waals surface area contributed by atoms with Crippen LogP contribution in [0.1, 0.15) is 149 Å². The number of hydrogen-bond acceptors (Lipinski definition) is 20. The van der Waals surface area contributed by atoms with Crippen molar-refractivity contribution in [2.75, 3.05) is 128 Å². The van der Waals surface area contributed by atoms with Gasteiger partial charge in [-0.25, -0.2) is 67.4 Å². The van der Waals surface area contributed by atoms with Crippen LogP contribution in [0.25, 0.3) is 44.6 Å². The molecule has 0 saturated carbocycles. The van der Waals surface area contributed by atoms with Crippen LogP contribution in [0, 0.1) is 51.0 Å². The number of aryl methyl sites for hydroxylation is 6. The van der Waals surface area contributed by atoms with Crippen LogP contribution in [0.2, 0.25) is 0 Å². The molecule has 0 spiro atoms. The van der Waals surface area contributed by atoms with Crippen molar-refractivity contribution in [1.82, 2.24) is 93.3 Å². The van der Waals surface area contributed by atoms with Crippen molar-refractivity contribution in [3.63, 3.8) is 0 Å². The summed E-state index contributed by atoms with van der Waals surface area (Å²) in [5.74, 6) is 1.01. The zero-order valence-electron chi connectivity index (χ0n) is 67.6. The van der Waals surface area contributed by atoms with E-state index in [1.54, 1.807) is 31.2 Å².